The smallest absolute Gasteiger partial charge is 0.350 e. The van der Waals surface area contributed by atoms with Crippen molar-refractivity contribution in [3.8, 4) is 0 Å². The number of carbonyl (C=O) groups is 1. The van der Waals surface area contributed by atoms with E-state index in [2.05, 4.69) is 0 Å². The minimum atomic E-state index is -3.51. The van der Waals surface area contributed by atoms with Crippen molar-refractivity contribution in [3.63, 3.8) is 0 Å². The molecule has 0 saturated heterocycles. The molecular weight excluding hydrogens is 300 g/mol. The van der Waals surface area contributed by atoms with Gasteiger partial charge in [0, 0.05) is 13.6 Å². The molecule has 2 N–H and O–H groups in total. The lowest BCUT2D eigenvalue weighted by atomic mass is 10.4. The van der Waals surface area contributed by atoms with Crippen molar-refractivity contribution in [2.75, 3.05) is 36.6 Å². The molecule has 0 amide bonds. The average Bonchev–Trinajstić information content (AvgIpc) is 2.76. The Labute approximate surface area is 123 Å². The number of thiophene rings is 1. The van der Waals surface area contributed by atoms with Gasteiger partial charge < -0.3 is 15.4 Å². The Morgan fingerprint density at radius 2 is 1.95 bits per heavy atom. The summed E-state index contributed by atoms with van der Waals surface area (Å²) >= 11 is 1.06. The molecule has 0 spiro atoms. The van der Waals surface area contributed by atoms with Gasteiger partial charge in [0.05, 0.1) is 18.0 Å². The first-order valence-corrected chi connectivity index (χ1v) is 8.80. The molecule has 0 fully saturated rings. The zero-order valence-electron chi connectivity index (χ0n) is 12.1. The number of nitrogen functional groups attached to an aromatic ring is 1. The van der Waals surface area contributed by atoms with E-state index in [-0.39, 0.29) is 27.8 Å². The summed E-state index contributed by atoms with van der Waals surface area (Å²) in [7, 11) is -1.75. The number of sulfone groups is 1. The molecule has 0 bridgehead atoms. The van der Waals surface area contributed by atoms with Crippen LogP contribution in [0.5, 0.6) is 0 Å². The zero-order valence-corrected chi connectivity index (χ0v) is 13.7. The lowest BCUT2D eigenvalue weighted by molar-refractivity contribution is 0.0533. The Bertz CT molecular complexity index is 593. The fraction of sp³-hybridized carbons (Fsp3) is 0.583. The summed E-state index contributed by atoms with van der Waals surface area (Å²) in [4.78, 5) is 13.8. The zero-order chi connectivity index (χ0) is 15.5. The minimum absolute atomic E-state index is 0.00870. The molecule has 6 nitrogen and oxygen atoms in total. The topological polar surface area (TPSA) is 89.7 Å². The van der Waals surface area contributed by atoms with Gasteiger partial charge >= 0.3 is 5.97 Å². The molecule has 0 aromatic carbocycles. The number of carbonyl (C=O) groups excluding carboxylic acids is 1. The molecule has 8 heteroatoms. The highest BCUT2D eigenvalue weighted by Crippen LogP contribution is 2.41. The van der Waals surface area contributed by atoms with Gasteiger partial charge in [-0.3, -0.25) is 0 Å². The number of hydrogen-bond acceptors (Lipinski definition) is 7. The van der Waals surface area contributed by atoms with Crippen LogP contribution in [0.15, 0.2) is 4.90 Å². The second-order valence-corrected chi connectivity index (χ2v) is 7.33. The molecule has 0 unspecified atom stereocenters. The van der Waals surface area contributed by atoms with Crippen molar-refractivity contribution in [2.24, 2.45) is 0 Å². The molecule has 0 aliphatic rings. The van der Waals surface area contributed by atoms with E-state index in [9.17, 15) is 13.2 Å². The Morgan fingerprint density at radius 1 is 1.35 bits per heavy atom. The van der Waals surface area contributed by atoms with Crippen LogP contribution < -0.4 is 10.6 Å². The summed E-state index contributed by atoms with van der Waals surface area (Å²) in [5, 5.41) is 0.481. The van der Waals surface area contributed by atoms with Crippen molar-refractivity contribution in [1.82, 2.24) is 0 Å². The third-order valence-corrected chi connectivity index (χ3v) is 6.08. The van der Waals surface area contributed by atoms with Crippen molar-refractivity contribution in [3.05, 3.63) is 4.88 Å². The van der Waals surface area contributed by atoms with Crippen LogP contribution >= 0.6 is 11.3 Å². The lowest BCUT2D eigenvalue weighted by Crippen LogP contribution is -2.18. The molecule has 0 aliphatic carbocycles. The first-order valence-electron chi connectivity index (χ1n) is 6.33. The lowest BCUT2D eigenvalue weighted by Gasteiger charge is -2.16. The quantitative estimate of drug-likeness (QED) is 0.803. The van der Waals surface area contributed by atoms with Gasteiger partial charge in [-0.1, -0.05) is 6.92 Å². The molecule has 20 heavy (non-hydrogen) atoms. The van der Waals surface area contributed by atoms with Gasteiger partial charge in [0.25, 0.3) is 0 Å². The van der Waals surface area contributed by atoms with Crippen molar-refractivity contribution >= 4 is 37.8 Å². The molecule has 1 heterocycles. The number of rotatable bonds is 6. The summed E-state index contributed by atoms with van der Waals surface area (Å²) in [5.74, 6) is -0.654. The number of esters is 1. The summed E-state index contributed by atoms with van der Waals surface area (Å²) in [6.07, 6.45) is 0. The van der Waals surface area contributed by atoms with Gasteiger partial charge in [0.1, 0.15) is 14.8 Å². The maximum absolute atomic E-state index is 12.2. The van der Waals surface area contributed by atoms with E-state index < -0.39 is 15.8 Å². The predicted octanol–water partition coefficient (Wildman–Crippen LogP) is 1.76. The average molecular weight is 320 g/mol. The molecule has 0 radical (unpaired) electrons. The first kappa shape index (κ1) is 16.8. The second-order valence-electron chi connectivity index (χ2n) is 4.12. The van der Waals surface area contributed by atoms with Crippen LogP contribution in [0, 0.1) is 0 Å². The first-order chi connectivity index (χ1) is 9.30. The van der Waals surface area contributed by atoms with Crippen molar-refractivity contribution in [2.45, 2.75) is 25.7 Å². The molecule has 0 aliphatic heterocycles. The standard InChI is InChI=1S/C12H20N2O4S2/c1-5-14(4)11-10(20(16,17)7-3)8(13)9(19-11)12(15)18-6-2/h5-7,13H2,1-4H3. The number of hydrogen-bond donors (Lipinski definition) is 1. The molecule has 0 saturated carbocycles. The molecule has 114 valence electrons. The van der Waals surface area contributed by atoms with Crippen LogP contribution in [0.3, 0.4) is 0 Å². The fourth-order valence-corrected chi connectivity index (χ4v) is 4.36. The second kappa shape index (κ2) is 6.45. The van der Waals surface area contributed by atoms with Crippen molar-refractivity contribution < 1.29 is 17.9 Å². The largest absolute Gasteiger partial charge is 0.462 e. The van der Waals surface area contributed by atoms with Crippen LogP contribution in [0.25, 0.3) is 0 Å². The van der Waals surface area contributed by atoms with E-state index in [1.807, 2.05) is 6.92 Å². The molecule has 1 rings (SSSR count). The van der Waals surface area contributed by atoms with Crippen LogP contribution in [0.4, 0.5) is 10.7 Å². The van der Waals surface area contributed by atoms with Gasteiger partial charge in [-0.25, -0.2) is 13.2 Å². The minimum Gasteiger partial charge on any atom is -0.462 e. The normalized spacial score (nSPS) is 11.4. The number of ether oxygens (including phenoxy) is 1. The van der Waals surface area contributed by atoms with Gasteiger partial charge in [-0.2, -0.15) is 0 Å². The summed E-state index contributed by atoms with van der Waals surface area (Å²) in [6, 6.07) is 0. The van der Waals surface area contributed by atoms with E-state index in [1.54, 1.807) is 25.8 Å². The SMILES string of the molecule is CCOC(=O)c1sc(N(C)CC)c(S(=O)(=O)CC)c1N. The van der Waals surface area contributed by atoms with Crippen LogP contribution in [-0.4, -0.2) is 40.3 Å². The van der Waals surface area contributed by atoms with Crippen LogP contribution in [-0.2, 0) is 14.6 Å². The third-order valence-electron chi connectivity index (χ3n) is 2.86. The van der Waals surface area contributed by atoms with E-state index in [0.29, 0.717) is 11.5 Å². The maximum atomic E-state index is 12.2. The Hall–Kier alpha value is -1.28. The van der Waals surface area contributed by atoms with E-state index in [0.717, 1.165) is 11.3 Å². The fourth-order valence-electron chi connectivity index (χ4n) is 1.60. The van der Waals surface area contributed by atoms with Crippen LogP contribution in [0.1, 0.15) is 30.4 Å². The van der Waals surface area contributed by atoms with Gasteiger partial charge in [-0.15, -0.1) is 11.3 Å². The Balaban J connectivity index is 3.52. The highest BCUT2D eigenvalue weighted by molar-refractivity contribution is 7.92. The molecular formula is C12H20N2O4S2. The van der Waals surface area contributed by atoms with E-state index in [4.69, 9.17) is 10.5 Å². The Morgan fingerprint density at radius 3 is 2.40 bits per heavy atom. The van der Waals surface area contributed by atoms with Gasteiger partial charge in [0.2, 0.25) is 0 Å². The number of anilines is 2. The molecule has 1 aromatic heterocycles. The third kappa shape index (κ3) is 3.06. The summed E-state index contributed by atoms with van der Waals surface area (Å²) in [6.45, 7) is 5.94. The predicted molar refractivity (Wildman–Crippen MR) is 81.4 cm³/mol. The maximum Gasteiger partial charge on any atom is 0.350 e. The van der Waals surface area contributed by atoms with Gasteiger partial charge in [-0.05, 0) is 13.8 Å². The summed E-state index contributed by atoms with van der Waals surface area (Å²) in [5.41, 5.74) is 5.88. The highest BCUT2D eigenvalue weighted by atomic mass is 32.2. The monoisotopic (exact) mass is 320 g/mol. The van der Waals surface area contributed by atoms with Crippen molar-refractivity contribution in [1.29, 1.82) is 0 Å². The number of nitrogens with two attached hydrogens (primary N) is 1. The molecule has 1 aromatic rings. The van der Waals surface area contributed by atoms with E-state index in [1.165, 1.54) is 0 Å². The number of nitrogens with zero attached hydrogens (tertiary/aromatic N) is 1. The van der Waals surface area contributed by atoms with Crippen LogP contribution in [0.2, 0.25) is 0 Å². The van der Waals surface area contributed by atoms with E-state index >= 15 is 0 Å². The van der Waals surface area contributed by atoms with Gasteiger partial charge in [0.15, 0.2) is 9.84 Å². The Kier molecular flexibility index (Phi) is 5.41. The molecule has 0 atom stereocenters. The summed E-state index contributed by atoms with van der Waals surface area (Å²) < 4.78 is 29.3. The highest BCUT2D eigenvalue weighted by Gasteiger charge is 2.30.